The van der Waals surface area contributed by atoms with Gasteiger partial charge in [-0.3, -0.25) is 20.6 Å². The molecule has 3 heterocycles. The lowest BCUT2D eigenvalue weighted by molar-refractivity contribution is 0.0922. The molecule has 1 aliphatic heterocycles. The second-order valence-electron chi connectivity index (χ2n) is 7.37. The highest BCUT2D eigenvalue weighted by molar-refractivity contribution is 6.67. The van der Waals surface area contributed by atoms with E-state index in [1.54, 1.807) is 12.5 Å². The molecule has 1 saturated heterocycles. The number of amidine groups is 1. The van der Waals surface area contributed by atoms with E-state index in [0.29, 0.717) is 24.5 Å². The normalized spacial score (nSPS) is 14.8. The Morgan fingerprint density at radius 1 is 1.13 bits per heavy atom. The molecular formula is C23H22ClN5O2. The van der Waals surface area contributed by atoms with Gasteiger partial charge in [-0.1, -0.05) is 23.7 Å². The molecule has 0 spiro atoms. The molecule has 0 bridgehead atoms. The molecule has 3 N–H and O–H groups in total. The van der Waals surface area contributed by atoms with Gasteiger partial charge in [-0.25, -0.2) is 0 Å². The largest absolute Gasteiger partial charge is 0.464 e. The second-order valence-corrected chi connectivity index (χ2v) is 7.78. The molecule has 31 heavy (non-hydrogen) atoms. The highest BCUT2D eigenvalue weighted by Crippen LogP contribution is 2.27. The first-order valence-corrected chi connectivity index (χ1v) is 10.4. The lowest BCUT2D eigenvalue weighted by atomic mass is 10.0. The molecule has 1 aliphatic rings. The van der Waals surface area contributed by atoms with Gasteiger partial charge in [-0.15, -0.1) is 0 Å². The van der Waals surface area contributed by atoms with Crippen LogP contribution in [0.3, 0.4) is 0 Å². The van der Waals surface area contributed by atoms with Crippen molar-refractivity contribution in [2.24, 2.45) is 0 Å². The SMILES string of the molecule is N=C(Cl)/C=C\C(=N)N1CCC(NC(=O)c2ccc(-c3nccc4occc34)cc2)CC1. The van der Waals surface area contributed by atoms with Crippen LogP contribution in [-0.2, 0) is 0 Å². The molecule has 1 aromatic carbocycles. The van der Waals surface area contributed by atoms with E-state index in [-0.39, 0.29) is 17.1 Å². The van der Waals surface area contributed by atoms with Crippen molar-refractivity contribution < 1.29 is 9.21 Å². The summed E-state index contributed by atoms with van der Waals surface area (Å²) in [6.45, 7) is 1.34. The number of hydrogen-bond acceptors (Lipinski definition) is 5. The molecule has 7 nitrogen and oxygen atoms in total. The standard InChI is InChI=1S/C23H22ClN5O2/c24-20(25)5-6-21(26)29-12-8-17(9-13-29)28-23(30)16-3-1-15(2-4-16)22-18-10-14-31-19(18)7-11-27-22/h1-7,10-11,14,17,25-26H,8-9,12-13H2,(H,28,30)/b6-5-,25-20?,26-21?. The minimum Gasteiger partial charge on any atom is -0.464 e. The van der Waals surface area contributed by atoms with Crippen molar-refractivity contribution in [1.29, 1.82) is 10.8 Å². The first-order valence-electron chi connectivity index (χ1n) is 10.0. The maximum Gasteiger partial charge on any atom is 0.251 e. The Bertz CT molecular complexity index is 1140. The summed E-state index contributed by atoms with van der Waals surface area (Å²) < 4.78 is 5.43. The molecule has 3 aromatic rings. The summed E-state index contributed by atoms with van der Waals surface area (Å²) in [5, 5.41) is 19.2. The average molecular weight is 436 g/mol. The predicted molar refractivity (Wildman–Crippen MR) is 122 cm³/mol. The number of piperidine rings is 1. The van der Waals surface area contributed by atoms with E-state index in [1.165, 1.54) is 12.2 Å². The van der Waals surface area contributed by atoms with E-state index >= 15 is 0 Å². The fourth-order valence-corrected chi connectivity index (χ4v) is 3.76. The van der Waals surface area contributed by atoms with E-state index in [9.17, 15) is 4.79 Å². The number of nitrogens with zero attached hydrogens (tertiary/aromatic N) is 2. The van der Waals surface area contributed by atoms with Crippen LogP contribution in [0.2, 0.25) is 0 Å². The Morgan fingerprint density at radius 2 is 1.87 bits per heavy atom. The Labute approximate surface area is 184 Å². The lowest BCUT2D eigenvalue weighted by Gasteiger charge is -2.33. The monoisotopic (exact) mass is 435 g/mol. The van der Waals surface area contributed by atoms with Crippen molar-refractivity contribution in [3.63, 3.8) is 0 Å². The van der Waals surface area contributed by atoms with Crippen molar-refractivity contribution in [3.8, 4) is 11.3 Å². The number of halogens is 1. The highest BCUT2D eigenvalue weighted by Gasteiger charge is 2.22. The quantitative estimate of drug-likeness (QED) is 0.407. The highest BCUT2D eigenvalue weighted by atomic mass is 35.5. The molecule has 1 fully saturated rings. The smallest absolute Gasteiger partial charge is 0.251 e. The molecule has 0 radical (unpaired) electrons. The predicted octanol–water partition coefficient (Wildman–Crippen LogP) is 4.44. The van der Waals surface area contributed by atoms with E-state index in [0.717, 1.165) is 35.1 Å². The van der Waals surface area contributed by atoms with Crippen LogP contribution in [0.4, 0.5) is 0 Å². The summed E-state index contributed by atoms with van der Waals surface area (Å²) in [4.78, 5) is 19.0. The van der Waals surface area contributed by atoms with Crippen molar-refractivity contribution >= 4 is 39.5 Å². The summed E-state index contributed by atoms with van der Waals surface area (Å²) in [6, 6.07) is 11.2. The van der Waals surface area contributed by atoms with Crippen molar-refractivity contribution in [1.82, 2.24) is 15.2 Å². The summed E-state index contributed by atoms with van der Waals surface area (Å²) >= 11 is 5.49. The topological polar surface area (TPSA) is 106 Å². The van der Waals surface area contributed by atoms with Gasteiger partial charge in [-0.2, -0.15) is 0 Å². The van der Waals surface area contributed by atoms with Crippen LogP contribution in [0.5, 0.6) is 0 Å². The summed E-state index contributed by atoms with van der Waals surface area (Å²) in [5.41, 5.74) is 3.13. The number of carbonyl (C=O) groups is 1. The number of nitrogens with one attached hydrogen (secondary N) is 3. The summed E-state index contributed by atoms with van der Waals surface area (Å²) in [7, 11) is 0. The van der Waals surface area contributed by atoms with Crippen LogP contribution in [0, 0.1) is 10.8 Å². The van der Waals surface area contributed by atoms with E-state index in [2.05, 4.69) is 10.3 Å². The van der Waals surface area contributed by atoms with Gasteiger partial charge in [0.15, 0.2) is 0 Å². The third-order valence-corrected chi connectivity index (χ3v) is 5.48. The molecular weight excluding hydrogens is 414 g/mol. The van der Waals surface area contributed by atoms with Crippen LogP contribution in [0.15, 0.2) is 65.4 Å². The average Bonchev–Trinajstić information content (AvgIpc) is 3.27. The van der Waals surface area contributed by atoms with Gasteiger partial charge in [0.05, 0.1) is 12.0 Å². The molecule has 2 aromatic heterocycles. The van der Waals surface area contributed by atoms with Crippen molar-refractivity contribution in [2.45, 2.75) is 18.9 Å². The number of fused-ring (bicyclic) bond motifs is 1. The Kier molecular flexibility index (Phi) is 6.13. The number of likely N-dealkylation sites (tertiary alicyclic amines) is 1. The Hall–Kier alpha value is -3.45. The zero-order chi connectivity index (χ0) is 21.8. The van der Waals surface area contributed by atoms with Gasteiger partial charge >= 0.3 is 0 Å². The molecule has 158 valence electrons. The number of pyridine rings is 1. The fourth-order valence-electron chi connectivity index (χ4n) is 3.70. The van der Waals surface area contributed by atoms with Crippen molar-refractivity contribution in [3.05, 3.63) is 66.6 Å². The number of amides is 1. The van der Waals surface area contributed by atoms with Crippen molar-refractivity contribution in [2.75, 3.05) is 13.1 Å². The van der Waals surface area contributed by atoms with Gasteiger partial charge in [0.2, 0.25) is 0 Å². The lowest BCUT2D eigenvalue weighted by Crippen LogP contribution is -2.46. The van der Waals surface area contributed by atoms with Crippen LogP contribution < -0.4 is 5.32 Å². The Balaban J connectivity index is 1.35. The molecule has 0 aliphatic carbocycles. The maximum atomic E-state index is 12.7. The van der Waals surface area contributed by atoms with E-state index < -0.39 is 0 Å². The van der Waals surface area contributed by atoms with Crippen LogP contribution in [-0.4, -0.2) is 45.9 Å². The van der Waals surface area contributed by atoms with Gasteiger partial charge < -0.3 is 14.6 Å². The third kappa shape index (κ3) is 4.83. The summed E-state index contributed by atoms with van der Waals surface area (Å²) in [6.07, 6.45) is 7.78. The fraction of sp³-hybridized carbons (Fsp3) is 0.217. The molecule has 0 saturated carbocycles. The number of carbonyl (C=O) groups excluding carboxylic acids is 1. The maximum absolute atomic E-state index is 12.7. The zero-order valence-corrected chi connectivity index (χ0v) is 17.5. The number of allylic oxidation sites excluding steroid dienone is 1. The molecule has 1 amide bonds. The van der Waals surface area contributed by atoms with Gasteiger partial charge in [0, 0.05) is 41.8 Å². The van der Waals surface area contributed by atoms with E-state index in [1.807, 2.05) is 41.3 Å². The zero-order valence-electron chi connectivity index (χ0n) is 16.8. The van der Waals surface area contributed by atoms with Gasteiger partial charge in [-0.05, 0) is 49.3 Å². The minimum absolute atomic E-state index is 0.0628. The molecule has 0 unspecified atom stereocenters. The second kappa shape index (κ2) is 9.14. The number of hydrogen-bond donors (Lipinski definition) is 3. The number of benzene rings is 1. The van der Waals surface area contributed by atoms with Crippen LogP contribution >= 0.6 is 11.6 Å². The Morgan fingerprint density at radius 3 is 2.58 bits per heavy atom. The third-order valence-electron chi connectivity index (χ3n) is 5.36. The summed E-state index contributed by atoms with van der Waals surface area (Å²) in [5.74, 6) is 0.219. The van der Waals surface area contributed by atoms with E-state index in [4.69, 9.17) is 26.8 Å². The molecule has 0 atom stereocenters. The molecule has 8 heteroatoms. The van der Waals surface area contributed by atoms with Gasteiger partial charge in [0.25, 0.3) is 5.91 Å². The van der Waals surface area contributed by atoms with Crippen LogP contribution in [0.1, 0.15) is 23.2 Å². The first kappa shape index (κ1) is 20.8. The van der Waals surface area contributed by atoms with Crippen LogP contribution in [0.25, 0.3) is 22.2 Å². The molecule has 4 rings (SSSR count). The van der Waals surface area contributed by atoms with Gasteiger partial charge in [0.1, 0.15) is 16.6 Å². The minimum atomic E-state index is -0.106. The number of aromatic nitrogens is 1. The number of furan rings is 1. The number of rotatable bonds is 5. The first-order chi connectivity index (χ1) is 15.0.